The molecule has 0 bridgehead atoms. The van der Waals surface area contributed by atoms with Crippen molar-refractivity contribution < 1.29 is 14.3 Å². The van der Waals surface area contributed by atoms with Crippen LogP contribution in [0.3, 0.4) is 0 Å². The molecule has 13 heavy (non-hydrogen) atoms. The highest BCUT2D eigenvalue weighted by molar-refractivity contribution is 5.97. The van der Waals surface area contributed by atoms with E-state index in [0.29, 0.717) is 6.42 Å². The van der Waals surface area contributed by atoms with Crippen molar-refractivity contribution in [1.29, 1.82) is 0 Å². The summed E-state index contributed by atoms with van der Waals surface area (Å²) in [7, 11) is 1.32. The fraction of sp³-hybridized carbons (Fsp3) is 0.800. The second kappa shape index (κ2) is 6.63. The number of carbonyl (C=O) groups excluding carboxylic acids is 2. The van der Waals surface area contributed by atoms with Crippen molar-refractivity contribution in [3.8, 4) is 0 Å². The first-order valence-electron chi connectivity index (χ1n) is 4.71. The maximum atomic E-state index is 11.1. The molecule has 0 radical (unpaired) electrons. The van der Waals surface area contributed by atoms with Crippen molar-refractivity contribution in [1.82, 2.24) is 0 Å². The first-order valence-corrected chi connectivity index (χ1v) is 4.71. The van der Waals surface area contributed by atoms with Gasteiger partial charge in [-0.25, -0.2) is 0 Å². The number of rotatable bonds is 6. The summed E-state index contributed by atoms with van der Waals surface area (Å²) in [5, 5.41) is 0. The smallest absolute Gasteiger partial charge is 0.316 e. The molecule has 1 unspecified atom stereocenters. The van der Waals surface area contributed by atoms with Crippen molar-refractivity contribution >= 4 is 11.8 Å². The number of hydrogen-bond donors (Lipinski definition) is 0. The first kappa shape index (κ1) is 12.1. The molecule has 0 aliphatic carbocycles. The highest BCUT2D eigenvalue weighted by atomic mass is 16.5. The Kier molecular flexibility index (Phi) is 6.20. The normalized spacial score (nSPS) is 12.2. The Hall–Kier alpha value is -0.860. The molecule has 0 aromatic rings. The third-order valence-corrected chi connectivity index (χ3v) is 2.07. The van der Waals surface area contributed by atoms with Crippen LogP contribution in [0.5, 0.6) is 0 Å². The van der Waals surface area contributed by atoms with Gasteiger partial charge in [0.2, 0.25) is 0 Å². The maximum Gasteiger partial charge on any atom is 0.316 e. The average Bonchev–Trinajstić information content (AvgIpc) is 2.11. The van der Waals surface area contributed by atoms with Crippen LogP contribution in [0.25, 0.3) is 0 Å². The van der Waals surface area contributed by atoms with Gasteiger partial charge in [-0.3, -0.25) is 9.59 Å². The van der Waals surface area contributed by atoms with Gasteiger partial charge in [-0.1, -0.05) is 26.2 Å². The highest BCUT2D eigenvalue weighted by Gasteiger charge is 2.22. The predicted octanol–water partition coefficient (Wildman–Crippen LogP) is 1.94. The molecule has 0 aromatic carbocycles. The van der Waals surface area contributed by atoms with E-state index in [1.165, 1.54) is 14.0 Å². The lowest BCUT2D eigenvalue weighted by Gasteiger charge is -2.10. The van der Waals surface area contributed by atoms with Gasteiger partial charge < -0.3 is 4.74 Å². The quantitative estimate of drug-likeness (QED) is 0.362. The SMILES string of the molecule is CCCCCC(C(C)=O)C(=O)OC. The van der Waals surface area contributed by atoms with E-state index in [1.54, 1.807) is 0 Å². The molecule has 3 heteroatoms. The van der Waals surface area contributed by atoms with Gasteiger partial charge in [-0.05, 0) is 13.3 Å². The maximum absolute atomic E-state index is 11.1. The van der Waals surface area contributed by atoms with Crippen molar-refractivity contribution in [3.05, 3.63) is 0 Å². The zero-order valence-corrected chi connectivity index (χ0v) is 8.63. The Morgan fingerprint density at radius 2 is 1.92 bits per heavy atom. The lowest BCUT2D eigenvalue weighted by atomic mass is 9.98. The Labute approximate surface area is 79.5 Å². The summed E-state index contributed by atoms with van der Waals surface area (Å²) >= 11 is 0. The van der Waals surface area contributed by atoms with Crippen LogP contribution in [0.4, 0.5) is 0 Å². The van der Waals surface area contributed by atoms with Gasteiger partial charge in [-0.15, -0.1) is 0 Å². The number of unbranched alkanes of at least 4 members (excludes halogenated alkanes) is 2. The number of Topliss-reactive ketones (excluding diaryl/α,β-unsaturated/α-hetero) is 1. The van der Waals surface area contributed by atoms with Crippen LogP contribution in [0.1, 0.15) is 39.5 Å². The molecule has 1 atom stereocenters. The minimum Gasteiger partial charge on any atom is -0.468 e. The summed E-state index contributed by atoms with van der Waals surface area (Å²) in [6, 6.07) is 0. The molecule has 0 spiro atoms. The van der Waals surface area contributed by atoms with E-state index >= 15 is 0 Å². The van der Waals surface area contributed by atoms with Crippen molar-refractivity contribution in [2.24, 2.45) is 5.92 Å². The van der Waals surface area contributed by atoms with E-state index in [2.05, 4.69) is 11.7 Å². The lowest BCUT2D eigenvalue weighted by Crippen LogP contribution is -2.23. The molecule has 76 valence electrons. The summed E-state index contributed by atoms with van der Waals surface area (Å²) < 4.78 is 4.54. The second-order valence-electron chi connectivity index (χ2n) is 3.18. The van der Waals surface area contributed by atoms with E-state index in [-0.39, 0.29) is 5.78 Å². The second-order valence-corrected chi connectivity index (χ2v) is 3.18. The third kappa shape index (κ3) is 4.65. The van der Waals surface area contributed by atoms with Crippen molar-refractivity contribution in [2.75, 3.05) is 7.11 Å². The fourth-order valence-corrected chi connectivity index (χ4v) is 1.23. The molecular weight excluding hydrogens is 168 g/mol. The van der Waals surface area contributed by atoms with Gasteiger partial charge in [0, 0.05) is 0 Å². The van der Waals surface area contributed by atoms with Gasteiger partial charge in [0.05, 0.1) is 7.11 Å². The molecule has 0 aliphatic heterocycles. The van der Waals surface area contributed by atoms with Gasteiger partial charge in [0.1, 0.15) is 11.7 Å². The van der Waals surface area contributed by atoms with Gasteiger partial charge in [0.25, 0.3) is 0 Å². The number of carbonyl (C=O) groups is 2. The number of hydrogen-bond acceptors (Lipinski definition) is 3. The summed E-state index contributed by atoms with van der Waals surface area (Å²) in [5.41, 5.74) is 0. The number of ether oxygens (including phenoxy) is 1. The summed E-state index contributed by atoms with van der Waals surface area (Å²) in [6.45, 7) is 3.52. The molecule has 0 fully saturated rings. The van der Waals surface area contributed by atoms with Crippen LogP contribution in [0.2, 0.25) is 0 Å². The molecule has 0 amide bonds. The zero-order chi connectivity index (χ0) is 10.3. The number of esters is 1. The Morgan fingerprint density at radius 3 is 2.31 bits per heavy atom. The minimum absolute atomic E-state index is 0.0945. The standard InChI is InChI=1S/C10H18O3/c1-4-5-6-7-9(8(2)11)10(12)13-3/h9H,4-7H2,1-3H3. The van der Waals surface area contributed by atoms with Crippen LogP contribution < -0.4 is 0 Å². The summed E-state index contributed by atoms with van der Waals surface area (Å²) in [4.78, 5) is 22.1. The average molecular weight is 186 g/mol. The molecule has 0 aromatic heterocycles. The Balaban J connectivity index is 3.95. The molecule has 0 saturated heterocycles. The predicted molar refractivity (Wildman–Crippen MR) is 50.3 cm³/mol. The van der Waals surface area contributed by atoms with Gasteiger partial charge in [0.15, 0.2) is 0 Å². The van der Waals surface area contributed by atoms with E-state index in [9.17, 15) is 9.59 Å². The first-order chi connectivity index (χ1) is 6.13. The lowest BCUT2D eigenvalue weighted by molar-refractivity contribution is -0.149. The molecule has 0 rings (SSSR count). The van der Waals surface area contributed by atoms with Gasteiger partial charge in [-0.2, -0.15) is 0 Å². The van der Waals surface area contributed by atoms with Crippen LogP contribution in [-0.2, 0) is 14.3 Å². The molecule has 0 aliphatic rings. The molecular formula is C10H18O3. The van der Waals surface area contributed by atoms with Crippen LogP contribution in [-0.4, -0.2) is 18.9 Å². The fourth-order valence-electron chi connectivity index (χ4n) is 1.23. The molecule has 3 nitrogen and oxygen atoms in total. The summed E-state index contributed by atoms with van der Waals surface area (Å²) in [5.74, 6) is -1.04. The van der Waals surface area contributed by atoms with Gasteiger partial charge >= 0.3 is 5.97 Å². The molecule has 0 saturated carbocycles. The van der Waals surface area contributed by atoms with Crippen LogP contribution in [0.15, 0.2) is 0 Å². The van der Waals surface area contributed by atoms with Crippen LogP contribution in [0, 0.1) is 5.92 Å². The number of ketones is 1. The van der Waals surface area contributed by atoms with E-state index in [4.69, 9.17) is 0 Å². The van der Waals surface area contributed by atoms with Crippen molar-refractivity contribution in [2.45, 2.75) is 39.5 Å². The minimum atomic E-state index is -0.545. The zero-order valence-electron chi connectivity index (χ0n) is 8.63. The third-order valence-electron chi connectivity index (χ3n) is 2.07. The topological polar surface area (TPSA) is 43.4 Å². The monoisotopic (exact) mass is 186 g/mol. The van der Waals surface area contributed by atoms with E-state index < -0.39 is 11.9 Å². The Bertz CT molecular complexity index is 175. The van der Waals surface area contributed by atoms with E-state index in [0.717, 1.165) is 19.3 Å². The largest absolute Gasteiger partial charge is 0.468 e. The number of methoxy groups -OCH3 is 1. The van der Waals surface area contributed by atoms with Crippen molar-refractivity contribution in [3.63, 3.8) is 0 Å². The van der Waals surface area contributed by atoms with Crippen LogP contribution >= 0.6 is 0 Å². The van der Waals surface area contributed by atoms with E-state index in [1.807, 2.05) is 0 Å². The summed E-state index contributed by atoms with van der Waals surface area (Å²) in [6.07, 6.45) is 3.68. The molecule has 0 N–H and O–H groups in total. The highest BCUT2D eigenvalue weighted by Crippen LogP contribution is 2.12. The Morgan fingerprint density at radius 1 is 1.31 bits per heavy atom. The molecule has 0 heterocycles.